The molecular weight excluding hydrogens is 442 g/mol. The number of ether oxygens (including phenoxy) is 2. The molecule has 4 aromatic rings. The van der Waals surface area contributed by atoms with E-state index in [4.69, 9.17) is 21.1 Å². The predicted octanol–water partition coefficient (Wildman–Crippen LogP) is 4.96. The zero-order valence-electron chi connectivity index (χ0n) is 17.0. The monoisotopic (exact) mass is 458 g/mol. The number of fused-ring (bicyclic) bond motifs is 1. The summed E-state index contributed by atoms with van der Waals surface area (Å²) in [7, 11) is 3.34. The van der Waals surface area contributed by atoms with Crippen LogP contribution in [0.5, 0.6) is 17.6 Å². The number of aromatic nitrogens is 3. The van der Waals surface area contributed by atoms with Gasteiger partial charge in [-0.05, 0) is 42.5 Å². The smallest absolute Gasteiger partial charge is 0.301 e. The highest BCUT2D eigenvalue weighted by atomic mass is 35.5. The van der Waals surface area contributed by atoms with Crippen LogP contribution in [-0.4, -0.2) is 39.9 Å². The lowest BCUT2D eigenvalue weighted by atomic mass is 10.2. The summed E-state index contributed by atoms with van der Waals surface area (Å²) in [6.45, 7) is -0.386. The van der Waals surface area contributed by atoms with E-state index in [0.29, 0.717) is 16.8 Å². The summed E-state index contributed by atoms with van der Waals surface area (Å²) in [5, 5.41) is 0.135. The number of carbonyl (C=O) groups excluding carboxylic acids is 1. The van der Waals surface area contributed by atoms with Crippen molar-refractivity contribution < 1.29 is 23.0 Å². The standard InChI is InChI=1S/C22H17ClF2N4O3/c1-29(2)21(30)12-6-8-13(9-7-12)32-22-26-18-10-15(23)20(27-19(18)28-22)31-11-14-16(24)4-3-5-17(14)25/h3-10H,11H2,1-2H3,(H,26,27,28). The van der Waals surface area contributed by atoms with E-state index < -0.39 is 11.6 Å². The SMILES string of the molecule is CN(C)C(=O)c1ccc(Oc2nc3nc(OCc4c(F)cccc4F)c(Cl)cc3[nH]2)cc1. The molecule has 1 N–H and O–H groups in total. The number of amides is 1. The zero-order chi connectivity index (χ0) is 22.8. The van der Waals surface area contributed by atoms with E-state index in [0.717, 1.165) is 12.1 Å². The Morgan fingerprint density at radius 2 is 1.78 bits per heavy atom. The number of hydrogen-bond donors (Lipinski definition) is 1. The number of carbonyl (C=O) groups is 1. The van der Waals surface area contributed by atoms with Crippen molar-refractivity contribution in [2.75, 3.05) is 14.1 Å². The first-order chi connectivity index (χ1) is 15.3. The number of nitrogens with zero attached hydrogens (tertiary/aromatic N) is 3. The fraction of sp³-hybridized carbons (Fsp3) is 0.136. The van der Waals surface area contributed by atoms with Gasteiger partial charge in [0.05, 0.1) is 11.1 Å². The van der Waals surface area contributed by atoms with Crippen LogP contribution in [0, 0.1) is 11.6 Å². The molecule has 2 heterocycles. The summed E-state index contributed by atoms with van der Waals surface area (Å²) >= 11 is 6.19. The number of rotatable bonds is 6. The van der Waals surface area contributed by atoms with Crippen LogP contribution < -0.4 is 9.47 Å². The van der Waals surface area contributed by atoms with E-state index in [-0.39, 0.29) is 40.6 Å². The Labute approximate surface area is 186 Å². The Balaban J connectivity index is 1.51. The number of halogens is 3. The molecule has 7 nitrogen and oxygen atoms in total. The van der Waals surface area contributed by atoms with Crippen LogP contribution in [0.2, 0.25) is 5.02 Å². The molecule has 0 radical (unpaired) electrons. The Bertz CT molecular complexity index is 1270. The molecule has 32 heavy (non-hydrogen) atoms. The largest absolute Gasteiger partial charge is 0.471 e. The molecule has 2 aromatic carbocycles. The van der Waals surface area contributed by atoms with Crippen LogP contribution in [0.1, 0.15) is 15.9 Å². The second-order valence-corrected chi connectivity index (χ2v) is 7.41. The highest BCUT2D eigenvalue weighted by Gasteiger charge is 2.15. The normalized spacial score (nSPS) is 10.9. The molecule has 0 atom stereocenters. The number of aromatic amines is 1. The lowest BCUT2D eigenvalue weighted by Crippen LogP contribution is -2.21. The summed E-state index contributed by atoms with van der Waals surface area (Å²) in [5.41, 5.74) is 1.02. The molecule has 0 fully saturated rings. The predicted molar refractivity (Wildman–Crippen MR) is 114 cm³/mol. The molecule has 0 aliphatic carbocycles. The van der Waals surface area contributed by atoms with Crippen molar-refractivity contribution in [2.24, 2.45) is 0 Å². The van der Waals surface area contributed by atoms with Gasteiger partial charge in [-0.3, -0.25) is 4.79 Å². The van der Waals surface area contributed by atoms with Gasteiger partial charge >= 0.3 is 6.01 Å². The number of hydrogen-bond acceptors (Lipinski definition) is 5. The maximum Gasteiger partial charge on any atom is 0.301 e. The van der Waals surface area contributed by atoms with E-state index in [1.165, 1.54) is 17.0 Å². The molecule has 0 bridgehead atoms. The molecular formula is C22H17ClF2N4O3. The lowest BCUT2D eigenvalue weighted by Gasteiger charge is -2.10. The maximum atomic E-state index is 13.8. The third-order valence-electron chi connectivity index (χ3n) is 4.51. The molecule has 1 amide bonds. The quantitative estimate of drug-likeness (QED) is 0.441. The molecule has 0 saturated heterocycles. The van der Waals surface area contributed by atoms with Gasteiger partial charge in [-0.2, -0.15) is 9.97 Å². The molecule has 2 aromatic heterocycles. The molecule has 0 unspecified atom stereocenters. The van der Waals surface area contributed by atoms with Crippen molar-refractivity contribution in [1.82, 2.24) is 19.9 Å². The summed E-state index contributed by atoms with van der Waals surface area (Å²) in [6.07, 6.45) is 0. The van der Waals surface area contributed by atoms with Gasteiger partial charge in [0.1, 0.15) is 29.0 Å². The van der Waals surface area contributed by atoms with Crippen LogP contribution in [0.15, 0.2) is 48.5 Å². The number of imidazole rings is 1. The van der Waals surface area contributed by atoms with Crippen LogP contribution >= 0.6 is 11.6 Å². The summed E-state index contributed by atoms with van der Waals surface area (Å²) < 4.78 is 38.7. The fourth-order valence-electron chi connectivity index (χ4n) is 2.88. The van der Waals surface area contributed by atoms with Crippen LogP contribution in [0.3, 0.4) is 0 Å². The van der Waals surface area contributed by atoms with Crippen molar-refractivity contribution in [3.63, 3.8) is 0 Å². The summed E-state index contributed by atoms with van der Waals surface area (Å²) in [6, 6.07) is 11.8. The van der Waals surface area contributed by atoms with Crippen LogP contribution in [-0.2, 0) is 6.61 Å². The zero-order valence-corrected chi connectivity index (χ0v) is 17.8. The van der Waals surface area contributed by atoms with Crippen LogP contribution in [0.4, 0.5) is 8.78 Å². The Kier molecular flexibility index (Phi) is 5.91. The first kappa shape index (κ1) is 21.5. The maximum absolute atomic E-state index is 13.8. The Morgan fingerprint density at radius 1 is 1.09 bits per heavy atom. The van der Waals surface area contributed by atoms with E-state index in [9.17, 15) is 13.6 Å². The lowest BCUT2D eigenvalue weighted by molar-refractivity contribution is 0.0827. The fourth-order valence-corrected chi connectivity index (χ4v) is 3.08. The molecule has 10 heteroatoms. The Morgan fingerprint density at radius 3 is 2.44 bits per heavy atom. The highest BCUT2D eigenvalue weighted by Crippen LogP contribution is 2.29. The van der Waals surface area contributed by atoms with Crippen molar-refractivity contribution in [3.8, 4) is 17.6 Å². The van der Waals surface area contributed by atoms with Crippen LogP contribution in [0.25, 0.3) is 11.2 Å². The van der Waals surface area contributed by atoms with Gasteiger partial charge in [0.2, 0.25) is 5.88 Å². The molecule has 164 valence electrons. The van der Waals surface area contributed by atoms with Gasteiger partial charge in [0.25, 0.3) is 5.91 Å². The van der Waals surface area contributed by atoms with Gasteiger partial charge in [0.15, 0.2) is 5.65 Å². The van der Waals surface area contributed by atoms with E-state index >= 15 is 0 Å². The Hall–Kier alpha value is -3.72. The van der Waals surface area contributed by atoms with Crippen molar-refractivity contribution in [3.05, 3.63) is 76.3 Å². The molecule has 4 rings (SSSR count). The first-order valence-corrected chi connectivity index (χ1v) is 9.81. The van der Waals surface area contributed by atoms with Gasteiger partial charge in [-0.15, -0.1) is 0 Å². The minimum absolute atomic E-state index is 0.0218. The molecule has 0 spiro atoms. The second-order valence-electron chi connectivity index (χ2n) is 7.00. The highest BCUT2D eigenvalue weighted by molar-refractivity contribution is 6.32. The van der Waals surface area contributed by atoms with Gasteiger partial charge < -0.3 is 19.4 Å². The second kappa shape index (κ2) is 8.80. The number of pyridine rings is 1. The minimum Gasteiger partial charge on any atom is -0.471 e. The van der Waals surface area contributed by atoms with E-state index in [1.54, 1.807) is 38.4 Å². The third-order valence-corrected chi connectivity index (χ3v) is 4.78. The summed E-state index contributed by atoms with van der Waals surface area (Å²) in [5.74, 6) is -1.14. The van der Waals surface area contributed by atoms with Crippen molar-refractivity contribution >= 4 is 28.7 Å². The average Bonchev–Trinajstić information content (AvgIpc) is 3.14. The van der Waals surface area contributed by atoms with Crippen molar-refractivity contribution in [2.45, 2.75) is 6.61 Å². The number of benzene rings is 2. The van der Waals surface area contributed by atoms with Gasteiger partial charge in [-0.25, -0.2) is 8.78 Å². The molecule has 0 saturated carbocycles. The number of nitrogens with one attached hydrogen (secondary N) is 1. The van der Waals surface area contributed by atoms with E-state index in [1.807, 2.05) is 0 Å². The van der Waals surface area contributed by atoms with Crippen molar-refractivity contribution in [1.29, 1.82) is 0 Å². The van der Waals surface area contributed by atoms with E-state index in [2.05, 4.69) is 15.0 Å². The average molecular weight is 459 g/mol. The topological polar surface area (TPSA) is 80.3 Å². The van der Waals surface area contributed by atoms with Gasteiger partial charge in [0, 0.05) is 19.7 Å². The first-order valence-electron chi connectivity index (χ1n) is 9.43. The van der Waals surface area contributed by atoms with Gasteiger partial charge in [-0.1, -0.05) is 17.7 Å². The third kappa shape index (κ3) is 4.47. The molecule has 0 aliphatic heterocycles. The molecule has 0 aliphatic rings. The number of H-pyrrole nitrogens is 1. The minimum atomic E-state index is -0.726. The summed E-state index contributed by atoms with van der Waals surface area (Å²) in [4.78, 5) is 24.8.